The Morgan fingerprint density at radius 2 is 2.10 bits per heavy atom. The van der Waals surface area contributed by atoms with Crippen LogP contribution in [0.15, 0.2) is 18.2 Å². The number of amides is 2. The Morgan fingerprint density at radius 3 is 2.93 bits per heavy atom. The van der Waals surface area contributed by atoms with E-state index >= 15 is 0 Å². The number of benzene rings is 1. The molecule has 0 radical (unpaired) electrons. The van der Waals surface area contributed by atoms with Gasteiger partial charge in [0.05, 0.1) is 12.6 Å². The summed E-state index contributed by atoms with van der Waals surface area (Å²) >= 11 is 0. The summed E-state index contributed by atoms with van der Waals surface area (Å²) in [7, 11) is 1.58. The topological polar surface area (TPSA) is 100 Å². The molecule has 30 heavy (non-hydrogen) atoms. The zero-order valence-electron chi connectivity index (χ0n) is 17.4. The van der Waals surface area contributed by atoms with Crippen molar-refractivity contribution >= 4 is 11.8 Å². The molecule has 4 atom stereocenters. The van der Waals surface area contributed by atoms with Crippen molar-refractivity contribution in [3.05, 3.63) is 23.8 Å². The second-order valence-electron chi connectivity index (χ2n) is 8.51. The largest absolute Gasteiger partial charge is 0.508 e. The van der Waals surface area contributed by atoms with E-state index in [1.807, 2.05) is 0 Å². The Kier molecular flexibility index (Phi) is 6.43. The van der Waals surface area contributed by atoms with Crippen LogP contribution in [-0.2, 0) is 9.53 Å². The molecule has 0 spiro atoms. The molecular weight excluding hydrogens is 386 g/mol. The Morgan fingerprint density at radius 1 is 1.27 bits per heavy atom. The van der Waals surface area contributed by atoms with Gasteiger partial charge in [0.1, 0.15) is 18.1 Å². The Hall–Kier alpha value is -2.32. The predicted octanol–water partition coefficient (Wildman–Crippen LogP) is 1.14. The van der Waals surface area contributed by atoms with Crippen LogP contribution in [-0.4, -0.2) is 73.9 Å². The van der Waals surface area contributed by atoms with E-state index < -0.39 is 0 Å². The third kappa shape index (κ3) is 4.39. The minimum atomic E-state index is -0.283. The van der Waals surface area contributed by atoms with Crippen molar-refractivity contribution in [1.82, 2.24) is 15.5 Å². The molecule has 164 valence electrons. The molecule has 1 aromatic rings. The predicted molar refractivity (Wildman–Crippen MR) is 111 cm³/mol. The molecule has 8 heteroatoms. The lowest BCUT2D eigenvalue weighted by molar-refractivity contribution is -0.148. The van der Waals surface area contributed by atoms with Crippen molar-refractivity contribution in [2.24, 2.45) is 11.8 Å². The minimum absolute atomic E-state index is 0.00512. The highest BCUT2D eigenvalue weighted by atomic mass is 16.5. The lowest BCUT2D eigenvalue weighted by atomic mass is 9.72. The van der Waals surface area contributed by atoms with Crippen LogP contribution in [0.2, 0.25) is 0 Å². The molecule has 3 saturated heterocycles. The summed E-state index contributed by atoms with van der Waals surface area (Å²) in [5, 5.41) is 16.5. The molecule has 3 aliphatic rings. The van der Waals surface area contributed by atoms with Gasteiger partial charge in [-0.3, -0.25) is 9.59 Å². The summed E-state index contributed by atoms with van der Waals surface area (Å²) in [6.45, 7) is 3.00. The molecule has 3 heterocycles. The van der Waals surface area contributed by atoms with Gasteiger partial charge in [-0.15, -0.1) is 0 Å². The number of rotatable bonds is 7. The van der Waals surface area contributed by atoms with E-state index in [0.29, 0.717) is 49.3 Å². The maximum atomic E-state index is 12.8. The smallest absolute Gasteiger partial charge is 0.251 e. The van der Waals surface area contributed by atoms with Gasteiger partial charge in [-0.25, -0.2) is 0 Å². The van der Waals surface area contributed by atoms with Crippen molar-refractivity contribution in [1.29, 1.82) is 0 Å². The Labute approximate surface area is 176 Å². The first-order chi connectivity index (χ1) is 14.6. The van der Waals surface area contributed by atoms with Gasteiger partial charge in [0, 0.05) is 44.3 Å². The number of carbonyl (C=O) groups is 2. The number of nitrogens with zero attached hydrogens (tertiary/aromatic N) is 1. The molecule has 2 amide bonds. The first-order valence-corrected chi connectivity index (χ1v) is 10.8. The van der Waals surface area contributed by atoms with E-state index in [0.717, 1.165) is 32.4 Å². The van der Waals surface area contributed by atoms with Crippen molar-refractivity contribution in [3.8, 4) is 11.5 Å². The monoisotopic (exact) mass is 417 g/mol. The van der Waals surface area contributed by atoms with Crippen LogP contribution in [0.25, 0.3) is 0 Å². The molecule has 3 aliphatic heterocycles. The van der Waals surface area contributed by atoms with Gasteiger partial charge in [-0.05, 0) is 49.8 Å². The number of phenolic OH excluding ortho intramolecular Hbond substituents is 1. The Balaban J connectivity index is 1.44. The van der Waals surface area contributed by atoms with E-state index in [9.17, 15) is 14.7 Å². The number of piperidine rings is 3. The Bertz CT molecular complexity index is 786. The average molecular weight is 418 g/mol. The van der Waals surface area contributed by atoms with E-state index in [1.54, 1.807) is 13.2 Å². The molecule has 1 aromatic carbocycles. The number of aromatic hydroxyl groups is 1. The van der Waals surface area contributed by atoms with Crippen molar-refractivity contribution in [2.45, 2.75) is 37.8 Å². The van der Waals surface area contributed by atoms with Gasteiger partial charge >= 0.3 is 0 Å². The number of methoxy groups -OCH3 is 1. The third-order valence-corrected chi connectivity index (χ3v) is 6.58. The van der Waals surface area contributed by atoms with Gasteiger partial charge in [0.2, 0.25) is 5.91 Å². The van der Waals surface area contributed by atoms with Gasteiger partial charge in [0.15, 0.2) is 0 Å². The maximum absolute atomic E-state index is 12.8. The first kappa shape index (κ1) is 20.9. The molecule has 8 nitrogen and oxygen atoms in total. The van der Waals surface area contributed by atoms with Gasteiger partial charge in [-0.2, -0.15) is 0 Å². The van der Waals surface area contributed by atoms with Crippen LogP contribution in [0.4, 0.5) is 0 Å². The zero-order chi connectivity index (χ0) is 21.1. The number of nitrogens with one attached hydrogen (secondary N) is 2. The lowest BCUT2D eigenvalue weighted by Crippen LogP contribution is -2.66. The highest BCUT2D eigenvalue weighted by Gasteiger charge is 2.47. The summed E-state index contributed by atoms with van der Waals surface area (Å²) in [5.74, 6) is 1.18. The molecular formula is C22H31N3O5. The fourth-order valence-electron chi connectivity index (χ4n) is 5.24. The summed E-state index contributed by atoms with van der Waals surface area (Å²) < 4.78 is 10.5. The molecule has 0 aliphatic carbocycles. The van der Waals surface area contributed by atoms with Crippen molar-refractivity contribution in [3.63, 3.8) is 0 Å². The lowest BCUT2D eigenvalue weighted by Gasteiger charge is -2.54. The number of carbonyl (C=O) groups excluding carboxylic acids is 2. The SMILES string of the molecule is COCCOc1cc(O)cc(C(=O)NC[C@H]2[C@@H]3CNC[C@@H](C3)[C@@H]3CCCC(=O)N32)c1. The standard InChI is InChI=1S/C22H31N3O5/c1-29-5-6-30-18-9-14(8-17(26)10-18)22(28)24-13-20-16-7-15(11-23-12-16)19-3-2-4-21(27)25(19)20/h8-10,15-16,19-20,23,26H,2-7,11-13H2,1H3,(H,24,28)/t15-,16+,19+,20+/m1/s1. The second-order valence-corrected chi connectivity index (χ2v) is 8.51. The number of phenols is 1. The van der Waals surface area contributed by atoms with Gasteiger partial charge in [0.25, 0.3) is 5.91 Å². The fourth-order valence-corrected chi connectivity index (χ4v) is 5.24. The highest BCUT2D eigenvalue weighted by molar-refractivity contribution is 5.95. The van der Waals surface area contributed by atoms with Crippen LogP contribution >= 0.6 is 0 Å². The highest BCUT2D eigenvalue weighted by Crippen LogP contribution is 2.39. The molecule has 0 aromatic heterocycles. The second kappa shape index (κ2) is 9.22. The molecule has 4 rings (SSSR count). The van der Waals surface area contributed by atoms with E-state index in [1.165, 1.54) is 12.1 Å². The number of hydrogen-bond acceptors (Lipinski definition) is 6. The van der Waals surface area contributed by atoms with Gasteiger partial charge in [-0.1, -0.05) is 0 Å². The first-order valence-electron chi connectivity index (χ1n) is 10.8. The van der Waals surface area contributed by atoms with Crippen LogP contribution in [0.5, 0.6) is 11.5 Å². The minimum Gasteiger partial charge on any atom is -0.508 e. The van der Waals surface area contributed by atoms with Crippen molar-refractivity contribution in [2.75, 3.05) is 40.0 Å². The fraction of sp³-hybridized carbons (Fsp3) is 0.636. The van der Waals surface area contributed by atoms with E-state index in [-0.39, 0.29) is 29.6 Å². The van der Waals surface area contributed by atoms with Crippen molar-refractivity contribution < 1.29 is 24.2 Å². The van der Waals surface area contributed by atoms with Crippen LogP contribution in [0.1, 0.15) is 36.0 Å². The van der Waals surface area contributed by atoms with E-state index in [2.05, 4.69) is 15.5 Å². The summed E-state index contributed by atoms with van der Waals surface area (Å²) in [5.41, 5.74) is 0.333. The average Bonchev–Trinajstić information content (AvgIpc) is 2.74. The maximum Gasteiger partial charge on any atom is 0.251 e. The third-order valence-electron chi connectivity index (χ3n) is 6.58. The van der Waals surface area contributed by atoms with Crippen LogP contribution in [0, 0.1) is 11.8 Å². The number of fused-ring (bicyclic) bond motifs is 4. The molecule has 3 N–H and O–H groups in total. The summed E-state index contributed by atoms with van der Waals surface area (Å²) in [6.07, 6.45) is 3.70. The molecule has 0 saturated carbocycles. The molecule has 3 fully saturated rings. The summed E-state index contributed by atoms with van der Waals surface area (Å²) in [6, 6.07) is 4.79. The van der Waals surface area contributed by atoms with Crippen LogP contribution < -0.4 is 15.4 Å². The van der Waals surface area contributed by atoms with Crippen LogP contribution in [0.3, 0.4) is 0 Å². The van der Waals surface area contributed by atoms with E-state index in [4.69, 9.17) is 9.47 Å². The normalized spacial score (nSPS) is 28.0. The quantitative estimate of drug-likeness (QED) is 0.576. The number of ether oxygens (including phenoxy) is 2. The molecule has 2 bridgehead atoms. The summed E-state index contributed by atoms with van der Waals surface area (Å²) in [4.78, 5) is 27.6. The molecule has 0 unspecified atom stereocenters. The van der Waals surface area contributed by atoms with Gasteiger partial charge < -0.3 is 30.1 Å². The number of hydrogen-bond donors (Lipinski definition) is 3. The zero-order valence-corrected chi connectivity index (χ0v) is 17.4.